The molecule has 3 aromatic rings. The largest absolute Gasteiger partial charge is 0.514 e. The van der Waals surface area contributed by atoms with Gasteiger partial charge < -0.3 is 62.1 Å². The van der Waals surface area contributed by atoms with Crippen LogP contribution < -0.4 is 42.8 Å². The van der Waals surface area contributed by atoms with Crippen LogP contribution in [0.15, 0.2) is 83.3 Å². The Labute approximate surface area is 401 Å². The van der Waals surface area contributed by atoms with E-state index in [-0.39, 0.29) is 37.9 Å². The van der Waals surface area contributed by atoms with Gasteiger partial charge in [0.1, 0.15) is 42.6 Å². The van der Waals surface area contributed by atoms with Gasteiger partial charge in [0.15, 0.2) is 0 Å². The second kappa shape index (κ2) is 28.2. The lowest BCUT2D eigenvalue weighted by Crippen LogP contribution is -2.60. The summed E-state index contributed by atoms with van der Waals surface area (Å²) in [6.45, 7) is 6.55. The van der Waals surface area contributed by atoms with Gasteiger partial charge in [0.25, 0.3) is 0 Å². The first-order chi connectivity index (χ1) is 32.2. The standard InChI is InChI=1S/C46H58BrN7O14/c1-26(2)22-66-45(63)54-39(27(3)4)43(60)53-36(25-65-23-29-8-6-5-7-9-29)42(59)50-33(18-19-37(48)55)40(57)51-34(21-38(49)56)41(58)52-35(44(61)62)20-28-12-16-32(17-13-28)68-46(64)67-24-30-10-14-31(47)15-11-30/h5-17,26-27,33-36,39H,18-25H2,1-4H3,(H2,48,55)(H2,49,56)(H,50,59)(H,51,57)(H,52,58)(H,53,60)(H,54,63)(H,61,62)/t33-,34-,35?,36-,39-/m0/s1. The van der Waals surface area contributed by atoms with Gasteiger partial charge in [-0.3, -0.25) is 28.8 Å². The van der Waals surface area contributed by atoms with E-state index < -0.39 is 116 Å². The first-order valence-corrected chi connectivity index (χ1v) is 22.2. The van der Waals surface area contributed by atoms with Crippen LogP contribution in [0.4, 0.5) is 9.59 Å². The number of carboxylic acids is 1. The van der Waals surface area contributed by atoms with Crippen molar-refractivity contribution in [3.05, 3.63) is 100 Å². The second-order valence-corrected chi connectivity index (χ2v) is 17.1. The SMILES string of the molecule is CC(C)COC(=O)N[C@H](C(=O)N[C@@H](COCc1ccccc1)C(=O)N[C@@H](CCC(N)=O)C(=O)N[C@@H](CC(N)=O)C(=O)NC(Cc1ccc(OC(=O)OCc2ccc(Br)cc2)cc1)C(=O)O)C(C)C. The van der Waals surface area contributed by atoms with Gasteiger partial charge in [-0.05, 0) is 59.2 Å². The molecule has 0 spiro atoms. The summed E-state index contributed by atoms with van der Waals surface area (Å²) >= 11 is 3.32. The van der Waals surface area contributed by atoms with Crippen LogP contribution in [0, 0.1) is 11.8 Å². The van der Waals surface area contributed by atoms with E-state index in [4.69, 9.17) is 30.4 Å². The molecule has 22 heteroatoms. The number of alkyl carbamates (subject to hydrolysis) is 1. The lowest BCUT2D eigenvalue weighted by Gasteiger charge is -2.27. The predicted octanol–water partition coefficient (Wildman–Crippen LogP) is 2.50. The van der Waals surface area contributed by atoms with Gasteiger partial charge in [-0.15, -0.1) is 0 Å². The third kappa shape index (κ3) is 20.6. The number of halogens is 1. The van der Waals surface area contributed by atoms with Crippen molar-refractivity contribution in [2.24, 2.45) is 23.3 Å². The Morgan fingerprint density at radius 3 is 1.75 bits per heavy atom. The van der Waals surface area contributed by atoms with Crippen molar-refractivity contribution in [2.45, 2.75) is 96.8 Å². The zero-order chi connectivity index (χ0) is 50.3. The number of carboxylic acid groups (broad SMARTS) is 1. The molecule has 0 saturated carbocycles. The summed E-state index contributed by atoms with van der Waals surface area (Å²) in [5.41, 5.74) is 12.6. The molecule has 68 heavy (non-hydrogen) atoms. The quantitative estimate of drug-likeness (QED) is 0.0402. The van der Waals surface area contributed by atoms with Crippen molar-refractivity contribution in [3.8, 4) is 5.75 Å². The highest BCUT2D eigenvalue weighted by atomic mass is 79.9. The number of hydrogen-bond donors (Lipinski definition) is 8. The smallest absolute Gasteiger partial charge is 0.480 e. The molecule has 0 saturated heterocycles. The van der Waals surface area contributed by atoms with Crippen LogP contribution in [-0.4, -0.2) is 102 Å². The molecule has 5 atom stereocenters. The minimum Gasteiger partial charge on any atom is -0.480 e. The number of amides is 7. The molecular weight excluding hydrogens is 954 g/mol. The van der Waals surface area contributed by atoms with Crippen molar-refractivity contribution in [1.82, 2.24) is 26.6 Å². The third-order valence-corrected chi connectivity index (χ3v) is 10.1. The number of carbonyl (C=O) groups is 9. The Kier molecular flexibility index (Phi) is 22.9. The van der Waals surface area contributed by atoms with Crippen molar-refractivity contribution < 1.29 is 67.2 Å². The van der Waals surface area contributed by atoms with Gasteiger partial charge in [0.2, 0.25) is 35.4 Å². The Hall–Kier alpha value is -7.07. The van der Waals surface area contributed by atoms with E-state index in [9.17, 15) is 48.3 Å². The number of nitrogens with two attached hydrogens (primary N) is 2. The maximum atomic E-state index is 14.0. The summed E-state index contributed by atoms with van der Waals surface area (Å²) < 4.78 is 22.1. The first-order valence-electron chi connectivity index (χ1n) is 21.4. The summed E-state index contributed by atoms with van der Waals surface area (Å²) in [7, 11) is 0. The average Bonchev–Trinajstić information content (AvgIpc) is 3.28. The van der Waals surface area contributed by atoms with Crippen LogP contribution >= 0.6 is 15.9 Å². The fourth-order valence-electron chi connectivity index (χ4n) is 6.02. The number of aliphatic carboxylic acids is 1. The van der Waals surface area contributed by atoms with Crippen molar-refractivity contribution in [1.29, 1.82) is 0 Å². The fourth-order valence-corrected chi connectivity index (χ4v) is 6.28. The maximum absolute atomic E-state index is 14.0. The van der Waals surface area contributed by atoms with Gasteiger partial charge in [-0.25, -0.2) is 14.4 Å². The minimum atomic E-state index is -1.79. The summed E-state index contributed by atoms with van der Waals surface area (Å²) in [6.07, 6.45) is -3.87. The van der Waals surface area contributed by atoms with E-state index >= 15 is 0 Å². The molecule has 0 bridgehead atoms. The molecule has 10 N–H and O–H groups in total. The number of hydrogen-bond acceptors (Lipinski definition) is 13. The molecule has 0 aliphatic rings. The zero-order valence-electron chi connectivity index (χ0n) is 38.0. The van der Waals surface area contributed by atoms with Crippen LogP contribution in [-0.2, 0) is 67.4 Å². The summed E-state index contributed by atoms with van der Waals surface area (Å²) in [5, 5.41) is 22.1. The maximum Gasteiger partial charge on any atom is 0.514 e. The van der Waals surface area contributed by atoms with E-state index in [0.29, 0.717) is 5.56 Å². The number of primary amides is 2. The molecule has 0 fully saturated rings. The van der Waals surface area contributed by atoms with Gasteiger partial charge >= 0.3 is 18.2 Å². The van der Waals surface area contributed by atoms with Crippen molar-refractivity contribution in [2.75, 3.05) is 13.2 Å². The van der Waals surface area contributed by atoms with Crippen LogP contribution in [0.2, 0.25) is 0 Å². The van der Waals surface area contributed by atoms with Crippen LogP contribution in [0.5, 0.6) is 5.75 Å². The second-order valence-electron chi connectivity index (χ2n) is 16.2. The van der Waals surface area contributed by atoms with Crippen LogP contribution in [0.25, 0.3) is 0 Å². The van der Waals surface area contributed by atoms with E-state index in [1.807, 2.05) is 13.8 Å². The van der Waals surface area contributed by atoms with Gasteiger partial charge in [-0.2, -0.15) is 0 Å². The van der Waals surface area contributed by atoms with Gasteiger partial charge in [-0.1, -0.05) is 98.2 Å². The zero-order valence-corrected chi connectivity index (χ0v) is 39.6. The predicted molar refractivity (Wildman–Crippen MR) is 247 cm³/mol. The molecular formula is C46H58BrN7O14. The molecule has 0 radical (unpaired) electrons. The molecule has 0 aliphatic carbocycles. The number of rotatable bonds is 27. The molecule has 0 heterocycles. The van der Waals surface area contributed by atoms with Crippen LogP contribution in [0.1, 0.15) is 63.6 Å². The van der Waals surface area contributed by atoms with Crippen molar-refractivity contribution in [3.63, 3.8) is 0 Å². The summed E-state index contributed by atoms with van der Waals surface area (Å²) in [4.78, 5) is 116. The van der Waals surface area contributed by atoms with E-state index in [0.717, 1.165) is 15.6 Å². The molecule has 21 nitrogen and oxygen atoms in total. The molecule has 7 amide bonds. The summed E-state index contributed by atoms with van der Waals surface area (Å²) in [5.74, 6) is -7.87. The monoisotopic (exact) mass is 1010 g/mol. The highest BCUT2D eigenvalue weighted by Gasteiger charge is 2.34. The van der Waals surface area contributed by atoms with Crippen molar-refractivity contribution >= 4 is 69.6 Å². The Balaban J connectivity index is 1.76. The third-order valence-electron chi connectivity index (χ3n) is 9.60. The molecule has 3 rings (SSSR count). The highest BCUT2D eigenvalue weighted by molar-refractivity contribution is 9.10. The minimum absolute atomic E-state index is 0.00518. The number of ether oxygens (including phenoxy) is 4. The summed E-state index contributed by atoms with van der Waals surface area (Å²) in [6, 6.07) is 13.8. The number of nitrogens with one attached hydrogen (secondary N) is 5. The lowest BCUT2D eigenvalue weighted by atomic mass is 10.0. The average molecular weight is 1010 g/mol. The van der Waals surface area contributed by atoms with E-state index in [1.165, 1.54) is 24.3 Å². The fraction of sp³-hybridized carbons (Fsp3) is 0.413. The molecule has 368 valence electrons. The topological polar surface area (TPSA) is 323 Å². The molecule has 3 aromatic carbocycles. The number of benzene rings is 3. The van der Waals surface area contributed by atoms with E-state index in [2.05, 4.69) is 42.5 Å². The Bertz CT molecular complexity index is 2190. The Morgan fingerprint density at radius 2 is 1.16 bits per heavy atom. The number of carbonyl (C=O) groups excluding carboxylic acids is 8. The van der Waals surface area contributed by atoms with E-state index in [1.54, 1.807) is 68.4 Å². The van der Waals surface area contributed by atoms with Crippen LogP contribution in [0.3, 0.4) is 0 Å². The first kappa shape index (κ1) is 55.3. The lowest BCUT2D eigenvalue weighted by molar-refractivity contribution is -0.142. The van der Waals surface area contributed by atoms with Gasteiger partial charge in [0.05, 0.1) is 26.2 Å². The normalized spacial score (nSPS) is 13.1. The highest BCUT2D eigenvalue weighted by Crippen LogP contribution is 2.16. The Morgan fingerprint density at radius 1 is 0.603 bits per heavy atom. The molecule has 1 unspecified atom stereocenters. The van der Waals surface area contributed by atoms with Gasteiger partial charge in [0, 0.05) is 17.3 Å². The molecule has 0 aromatic heterocycles. The molecule has 0 aliphatic heterocycles.